The van der Waals surface area contributed by atoms with Gasteiger partial charge in [-0.3, -0.25) is 4.98 Å². The van der Waals surface area contributed by atoms with Gasteiger partial charge in [-0.2, -0.15) is 0 Å². The number of aromatic nitrogens is 2. The Bertz CT molecular complexity index is 364. The normalized spacial score (nSPS) is 20.2. The molecule has 0 spiro atoms. The highest BCUT2D eigenvalue weighted by atomic mass is 15.2. The molecule has 2 rings (SSSR count). The molecule has 0 amide bonds. The molecule has 1 aromatic heterocycles. The lowest BCUT2D eigenvalue weighted by molar-refractivity contribution is 0.489. The van der Waals surface area contributed by atoms with Crippen LogP contribution in [0.4, 0.5) is 5.82 Å². The van der Waals surface area contributed by atoms with E-state index in [0.29, 0.717) is 12.0 Å². The average Bonchev–Trinajstić information content (AvgIpc) is 2.79. The van der Waals surface area contributed by atoms with Crippen LogP contribution in [0.25, 0.3) is 0 Å². The first kappa shape index (κ1) is 12.3. The molecule has 4 heteroatoms. The highest BCUT2D eigenvalue weighted by molar-refractivity contribution is 5.39. The lowest BCUT2D eigenvalue weighted by atomic mass is 10.0. The van der Waals surface area contributed by atoms with E-state index in [4.69, 9.17) is 0 Å². The van der Waals surface area contributed by atoms with E-state index in [1.165, 1.54) is 12.8 Å². The molecule has 2 heterocycles. The zero-order chi connectivity index (χ0) is 12.3. The van der Waals surface area contributed by atoms with Gasteiger partial charge in [0.2, 0.25) is 0 Å². The monoisotopic (exact) mass is 234 g/mol. The molecular formula is C13H22N4. The van der Waals surface area contributed by atoms with Crippen molar-refractivity contribution in [1.82, 2.24) is 15.3 Å². The van der Waals surface area contributed by atoms with E-state index in [1.54, 1.807) is 0 Å². The summed E-state index contributed by atoms with van der Waals surface area (Å²) in [6.07, 6.45) is 6.26. The van der Waals surface area contributed by atoms with Crippen molar-refractivity contribution in [3.05, 3.63) is 18.1 Å². The van der Waals surface area contributed by atoms with E-state index >= 15 is 0 Å². The highest BCUT2D eigenvalue weighted by Gasteiger charge is 2.28. The summed E-state index contributed by atoms with van der Waals surface area (Å²) in [5.41, 5.74) is 1.01. The van der Waals surface area contributed by atoms with Crippen molar-refractivity contribution in [2.75, 3.05) is 18.5 Å². The van der Waals surface area contributed by atoms with Crippen LogP contribution in [0.5, 0.6) is 0 Å². The quantitative estimate of drug-likeness (QED) is 0.863. The molecule has 1 aromatic rings. The number of anilines is 1. The standard InChI is InChI=1S/C13H22N4/c1-10(2)12-5-4-6-17(12)13-9-15-8-11(16-13)7-14-3/h8-10,12,14H,4-7H2,1-3H3. The molecule has 1 fully saturated rings. The Hall–Kier alpha value is -1.16. The van der Waals surface area contributed by atoms with Gasteiger partial charge in [0.05, 0.1) is 11.9 Å². The third kappa shape index (κ3) is 2.75. The summed E-state index contributed by atoms with van der Waals surface area (Å²) in [6, 6.07) is 0.620. The number of hydrogen-bond donors (Lipinski definition) is 1. The van der Waals surface area contributed by atoms with Crippen molar-refractivity contribution in [3.63, 3.8) is 0 Å². The van der Waals surface area contributed by atoms with Crippen LogP contribution in [0.3, 0.4) is 0 Å². The minimum Gasteiger partial charge on any atom is -0.352 e. The third-order valence-corrected chi connectivity index (χ3v) is 3.39. The Morgan fingerprint density at radius 1 is 1.47 bits per heavy atom. The van der Waals surface area contributed by atoms with Crippen LogP contribution in [0.15, 0.2) is 12.4 Å². The van der Waals surface area contributed by atoms with Crippen LogP contribution in [0.2, 0.25) is 0 Å². The predicted octanol–water partition coefficient (Wildman–Crippen LogP) is 1.82. The summed E-state index contributed by atoms with van der Waals surface area (Å²) in [7, 11) is 1.93. The zero-order valence-corrected chi connectivity index (χ0v) is 11.0. The molecule has 0 aliphatic carbocycles. The number of nitrogens with one attached hydrogen (secondary N) is 1. The predicted molar refractivity (Wildman–Crippen MR) is 70.0 cm³/mol. The van der Waals surface area contributed by atoms with Gasteiger partial charge >= 0.3 is 0 Å². The third-order valence-electron chi connectivity index (χ3n) is 3.39. The molecule has 0 saturated carbocycles. The molecule has 1 unspecified atom stereocenters. The first-order chi connectivity index (χ1) is 8.22. The summed E-state index contributed by atoms with van der Waals surface area (Å²) in [5.74, 6) is 1.71. The number of nitrogens with zero attached hydrogens (tertiary/aromatic N) is 3. The van der Waals surface area contributed by atoms with E-state index in [0.717, 1.165) is 24.6 Å². The van der Waals surface area contributed by atoms with Gasteiger partial charge in [-0.15, -0.1) is 0 Å². The van der Waals surface area contributed by atoms with E-state index in [1.807, 2.05) is 19.4 Å². The molecule has 1 aliphatic heterocycles. The number of hydrogen-bond acceptors (Lipinski definition) is 4. The van der Waals surface area contributed by atoms with Gasteiger partial charge in [-0.25, -0.2) is 4.98 Å². The Morgan fingerprint density at radius 3 is 3.00 bits per heavy atom. The largest absolute Gasteiger partial charge is 0.352 e. The molecule has 1 atom stereocenters. The summed E-state index contributed by atoms with van der Waals surface area (Å²) < 4.78 is 0. The van der Waals surface area contributed by atoms with Crippen molar-refractivity contribution in [2.24, 2.45) is 5.92 Å². The molecular weight excluding hydrogens is 212 g/mol. The van der Waals surface area contributed by atoms with Crippen molar-refractivity contribution in [1.29, 1.82) is 0 Å². The van der Waals surface area contributed by atoms with Gasteiger partial charge in [0, 0.05) is 25.3 Å². The fourth-order valence-electron chi connectivity index (χ4n) is 2.57. The maximum absolute atomic E-state index is 4.68. The Morgan fingerprint density at radius 2 is 2.29 bits per heavy atom. The second-order valence-corrected chi connectivity index (χ2v) is 5.05. The second-order valence-electron chi connectivity index (χ2n) is 5.05. The van der Waals surface area contributed by atoms with Gasteiger partial charge in [-0.1, -0.05) is 13.8 Å². The first-order valence-electron chi connectivity index (χ1n) is 6.44. The van der Waals surface area contributed by atoms with E-state index in [2.05, 4.69) is 34.0 Å². The van der Waals surface area contributed by atoms with Crippen LogP contribution in [-0.4, -0.2) is 29.6 Å². The van der Waals surface area contributed by atoms with Crippen LogP contribution >= 0.6 is 0 Å². The summed E-state index contributed by atoms with van der Waals surface area (Å²) in [5, 5.41) is 3.11. The molecule has 1 N–H and O–H groups in total. The SMILES string of the molecule is CNCc1cncc(N2CCCC2C(C)C)n1. The molecule has 0 bridgehead atoms. The van der Waals surface area contributed by atoms with E-state index in [9.17, 15) is 0 Å². The van der Waals surface area contributed by atoms with Crippen molar-refractivity contribution in [2.45, 2.75) is 39.3 Å². The van der Waals surface area contributed by atoms with Gasteiger partial charge in [0.25, 0.3) is 0 Å². The van der Waals surface area contributed by atoms with Crippen LogP contribution in [0, 0.1) is 5.92 Å². The zero-order valence-electron chi connectivity index (χ0n) is 11.0. The minimum absolute atomic E-state index is 0.620. The number of rotatable bonds is 4. The van der Waals surface area contributed by atoms with E-state index in [-0.39, 0.29) is 0 Å². The van der Waals surface area contributed by atoms with Crippen molar-refractivity contribution in [3.8, 4) is 0 Å². The smallest absolute Gasteiger partial charge is 0.147 e. The fraction of sp³-hybridized carbons (Fsp3) is 0.692. The van der Waals surface area contributed by atoms with Crippen LogP contribution < -0.4 is 10.2 Å². The maximum Gasteiger partial charge on any atom is 0.147 e. The Balaban J connectivity index is 2.18. The fourth-order valence-corrected chi connectivity index (χ4v) is 2.57. The molecule has 0 radical (unpaired) electrons. The summed E-state index contributed by atoms with van der Waals surface area (Å²) in [6.45, 7) is 6.46. The van der Waals surface area contributed by atoms with Crippen molar-refractivity contribution >= 4 is 5.82 Å². The molecule has 1 aliphatic rings. The summed E-state index contributed by atoms with van der Waals surface area (Å²) >= 11 is 0. The van der Waals surface area contributed by atoms with Gasteiger partial charge < -0.3 is 10.2 Å². The van der Waals surface area contributed by atoms with Gasteiger partial charge in [-0.05, 0) is 25.8 Å². The first-order valence-corrected chi connectivity index (χ1v) is 6.44. The van der Waals surface area contributed by atoms with Crippen LogP contribution in [-0.2, 0) is 6.54 Å². The molecule has 17 heavy (non-hydrogen) atoms. The Labute approximate surface area is 103 Å². The topological polar surface area (TPSA) is 41.1 Å². The highest BCUT2D eigenvalue weighted by Crippen LogP contribution is 2.27. The summed E-state index contributed by atoms with van der Waals surface area (Å²) in [4.78, 5) is 11.4. The van der Waals surface area contributed by atoms with Gasteiger partial charge in [0.1, 0.15) is 5.82 Å². The van der Waals surface area contributed by atoms with Crippen molar-refractivity contribution < 1.29 is 0 Å². The lowest BCUT2D eigenvalue weighted by Crippen LogP contribution is -2.34. The molecule has 94 valence electrons. The minimum atomic E-state index is 0.620. The van der Waals surface area contributed by atoms with Crippen LogP contribution in [0.1, 0.15) is 32.4 Å². The molecule has 1 saturated heterocycles. The average molecular weight is 234 g/mol. The second kappa shape index (κ2) is 5.45. The molecule has 0 aromatic carbocycles. The maximum atomic E-state index is 4.68. The van der Waals surface area contributed by atoms with Gasteiger partial charge in [0.15, 0.2) is 0 Å². The lowest BCUT2D eigenvalue weighted by Gasteiger charge is -2.28. The van der Waals surface area contributed by atoms with E-state index < -0.39 is 0 Å². The Kier molecular flexibility index (Phi) is 3.94. The molecule has 4 nitrogen and oxygen atoms in total.